The van der Waals surface area contributed by atoms with E-state index < -0.39 is 25.2 Å². The summed E-state index contributed by atoms with van der Waals surface area (Å²) in [4.78, 5) is 12.3. The molecule has 4 nitrogen and oxygen atoms in total. The van der Waals surface area contributed by atoms with Crippen molar-refractivity contribution in [1.82, 2.24) is 4.90 Å². The van der Waals surface area contributed by atoms with Crippen molar-refractivity contribution in [2.24, 2.45) is 5.73 Å². The summed E-state index contributed by atoms with van der Waals surface area (Å²) < 4.78 is 41.9. The molecule has 19 heavy (non-hydrogen) atoms. The molecule has 7 heteroatoms. The van der Waals surface area contributed by atoms with Crippen molar-refractivity contribution in [3.63, 3.8) is 0 Å². The number of amides is 1. The number of ether oxygens (including phenoxy) is 1. The SMILES string of the molecule is NCCN(CC(F)(F)F)C(=O)COc1ccccc1. The van der Waals surface area contributed by atoms with E-state index in [9.17, 15) is 18.0 Å². The second kappa shape index (κ2) is 6.98. The highest BCUT2D eigenvalue weighted by Gasteiger charge is 2.32. The van der Waals surface area contributed by atoms with Crippen LogP contribution in [0.4, 0.5) is 13.2 Å². The Bertz CT molecular complexity index is 396. The van der Waals surface area contributed by atoms with Crippen LogP contribution in [-0.4, -0.2) is 43.2 Å². The highest BCUT2D eigenvalue weighted by molar-refractivity contribution is 5.77. The first-order valence-corrected chi connectivity index (χ1v) is 5.65. The minimum Gasteiger partial charge on any atom is -0.484 e. The summed E-state index contributed by atoms with van der Waals surface area (Å²) in [5.41, 5.74) is 5.19. The lowest BCUT2D eigenvalue weighted by Gasteiger charge is -2.23. The Kier molecular flexibility index (Phi) is 5.62. The first-order chi connectivity index (χ1) is 8.92. The molecular weight excluding hydrogens is 261 g/mol. The molecule has 1 aromatic carbocycles. The monoisotopic (exact) mass is 276 g/mol. The van der Waals surface area contributed by atoms with Crippen LogP contribution in [0, 0.1) is 0 Å². The van der Waals surface area contributed by atoms with E-state index in [1.165, 1.54) is 0 Å². The highest BCUT2D eigenvalue weighted by atomic mass is 19.4. The van der Waals surface area contributed by atoms with Crippen LogP contribution in [0.5, 0.6) is 5.75 Å². The lowest BCUT2D eigenvalue weighted by Crippen LogP contribution is -2.43. The largest absolute Gasteiger partial charge is 0.484 e. The quantitative estimate of drug-likeness (QED) is 0.854. The van der Waals surface area contributed by atoms with Crippen LogP contribution < -0.4 is 10.5 Å². The summed E-state index contributed by atoms with van der Waals surface area (Å²) in [6.45, 7) is -1.95. The molecule has 0 heterocycles. The standard InChI is InChI=1S/C12H15F3N2O2/c13-12(14,15)9-17(7-6-16)11(18)8-19-10-4-2-1-3-5-10/h1-5H,6-9,16H2. The van der Waals surface area contributed by atoms with E-state index in [0.29, 0.717) is 10.6 Å². The van der Waals surface area contributed by atoms with Gasteiger partial charge in [-0.25, -0.2) is 0 Å². The van der Waals surface area contributed by atoms with Gasteiger partial charge in [-0.15, -0.1) is 0 Å². The summed E-state index contributed by atoms with van der Waals surface area (Å²) in [7, 11) is 0. The van der Waals surface area contributed by atoms with E-state index in [2.05, 4.69) is 0 Å². The predicted octanol–water partition coefficient (Wildman–Crippen LogP) is 1.42. The van der Waals surface area contributed by atoms with Gasteiger partial charge in [0.05, 0.1) is 0 Å². The average Bonchev–Trinajstić information content (AvgIpc) is 2.35. The molecule has 0 radical (unpaired) electrons. The van der Waals surface area contributed by atoms with Gasteiger partial charge in [0.15, 0.2) is 6.61 Å². The summed E-state index contributed by atoms with van der Waals surface area (Å²) in [6.07, 6.45) is -4.45. The predicted molar refractivity (Wildman–Crippen MR) is 63.6 cm³/mol. The smallest absolute Gasteiger partial charge is 0.406 e. The van der Waals surface area contributed by atoms with Crippen LogP contribution >= 0.6 is 0 Å². The molecule has 0 fully saturated rings. The number of benzene rings is 1. The number of nitrogens with two attached hydrogens (primary N) is 1. The Morgan fingerprint density at radius 1 is 1.26 bits per heavy atom. The minimum absolute atomic E-state index is 0.0346. The topological polar surface area (TPSA) is 55.6 Å². The Morgan fingerprint density at radius 2 is 1.89 bits per heavy atom. The number of hydrogen-bond donors (Lipinski definition) is 1. The normalized spacial score (nSPS) is 11.2. The third-order valence-electron chi connectivity index (χ3n) is 2.23. The number of carbonyl (C=O) groups excluding carboxylic acids is 1. The Balaban J connectivity index is 2.52. The van der Waals surface area contributed by atoms with Gasteiger partial charge in [0.25, 0.3) is 5.91 Å². The maximum Gasteiger partial charge on any atom is 0.406 e. The average molecular weight is 276 g/mol. The molecule has 0 saturated carbocycles. The summed E-state index contributed by atoms with van der Waals surface area (Å²) in [5.74, 6) is -0.317. The molecule has 2 N–H and O–H groups in total. The number of hydrogen-bond acceptors (Lipinski definition) is 3. The van der Waals surface area contributed by atoms with Gasteiger partial charge in [-0.2, -0.15) is 13.2 Å². The maximum atomic E-state index is 12.3. The van der Waals surface area contributed by atoms with Crippen LogP contribution in [0.3, 0.4) is 0 Å². The van der Waals surface area contributed by atoms with Gasteiger partial charge in [0.1, 0.15) is 12.3 Å². The van der Waals surface area contributed by atoms with Gasteiger partial charge in [-0.05, 0) is 12.1 Å². The number of halogens is 3. The van der Waals surface area contributed by atoms with Crippen molar-refractivity contribution >= 4 is 5.91 Å². The van der Waals surface area contributed by atoms with Gasteiger partial charge < -0.3 is 15.4 Å². The fraction of sp³-hybridized carbons (Fsp3) is 0.417. The molecule has 106 valence electrons. The molecule has 1 aromatic rings. The first-order valence-electron chi connectivity index (χ1n) is 5.65. The van der Waals surface area contributed by atoms with Crippen LogP contribution in [0.1, 0.15) is 0 Å². The highest BCUT2D eigenvalue weighted by Crippen LogP contribution is 2.16. The molecular formula is C12H15F3N2O2. The fourth-order valence-electron chi connectivity index (χ4n) is 1.42. The summed E-state index contributed by atoms with van der Waals surface area (Å²) in [5, 5.41) is 0. The molecule has 0 spiro atoms. The van der Waals surface area contributed by atoms with Gasteiger partial charge in [0, 0.05) is 13.1 Å². The lowest BCUT2D eigenvalue weighted by molar-refractivity contribution is -0.162. The van der Waals surface area contributed by atoms with Crippen molar-refractivity contribution in [3.05, 3.63) is 30.3 Å². The molecule has 0 aliphatic rings. The van der Waals surface area contributed by atoms with Crippen molar-refractivity contribution < 1.29 is 22.7 Å². The third-order valence-corrected chi connectivity index (χ3v) is 2.23. The zero-order chi connectivity index (χ0) is 14.3. The Hall–Kier alpha value is -1.76. The molecule has 0 unspecified atom stereocenters. The number of nitrogens with zero attached hydrogens (tertiary/aromatic N) is 1. The zero-order valence-electron chi connectivity index (χ0n) is 10.2. The lowest BCUT2D eigenvalue weighted by atomic mass is 10.3. The van der Waals surface area contributed by atoms with E-state index in [1.54, 1.807) is 30.3 Å². The Labute approximate surface area is 108 Å². The zero-order valence-corrected chi connectivity index (χ0v) is 10.2. The van der Waals surface area contributed by atoms with E-state index in [-0.39, 0.29) is 13.1 Å². The molecule has 0 aliphatic carbocycles. The maximum absolute atomic E-state index is 12.3. The van der Waals surface area contributed by atoms with E-state index in [4.69, 9.17) is 10.5 Å². The number of para-hydroxylation sites is 1. The molecule has 1 amide bonds. The van der Waals surface area contributed by atoms with Gasteiger partial charge >= 0.3 is 6.18 Å². The van der Waals surface area contributed by atoms with Crippen LogP contribution in [0.25, 0.3) is 0 Å². The van der Waals surface area contributed by atoms with Crippen molar-refractivity contribution in [2.75, 3.05) is 26.2 Å². The number of rotatable bonds is 6. The second-order valence-corrected chi connectivity index (χ2v) is 3.82. The van der Waals surface area contributed by atoms with Gasteiger partial charge in [0.2, 0.25) is 0 Å². The molecule has 0 saturated heterocycles. The molecule has 0 atom stereocenters. The van der Waals surface area contributed by atoms with Gasteiger partial charge in [-0.1, -0.05) is 18.2 Å². The van der Waals surface area contributed by atoms with Crippen LogP contribution in [0.2, 0.25) is 0 Å². The van der Waals surface area contributed by atoms with Crippen molar-refractivity contribution in [1.29, 1.82) is 0 Å². The summed E-state index contributed by atoms with van der Waals surface area (Å²) in [6, 6.07) is 8.40. The van der Waals surface area contributed by atoms with Crippen LogP contribution in [-0.2, 0) is 4.79 Å². The molecule has 0 aliphatic heterocycles. The molecule has 0 bridgehead atoms. The first kappa shape index (κ1) is 15.3. The van der Waals surface area contributed by atoms with Crippen molar-refractivity contribution in [2.45, 2.75) is 6.18 Å². The van der Waals surface area contributed by atoms with E-state index >= 15 is 0 Å². The molecule has 0 aromatic heterocycles. The third kappa shape index (κ3) is 6.10. The van der Waals surface area contributed by atoms with Gasteiger partial charge in [-0.3, -0.25) is 4.79 Å². The van der Waals surface area contributed by atoms with E-state index in [0.717, 1.165) is 0 Å². The number of carbonyl (C=O) groups is 1. The number of alkyl halides is 3. The van der Waals surface area contributed by atoms with E-state index in [1.807, 2.05) is 0 Å². The fourth-order valence-corrected chi connectivity index (χ4v) is 1.42. The minimum atomic E-state index is -4.45. The summed E-state index contributed by atoms with van der Waals surface area (Å²) >= 11 is 0. The van der Waals surface area contributed by atoms with Crippen LogP contribution in [0.15, 0.2) is 30.3 Å². The van der Waals surface area contributed by atoms with Crippen molar-refractivity contribution in [3.8, 4) is 5.75 Å². The molecule has 1 rings (SSSR count). The Morgan fingerprint density at radius 3 is 2.42 bits per heavy atom. The second-order valence-electron chi connectivity index (χ2n) is 3.82.